The maximum Gasteiger partial charge on any atom is 0.407 e. The molecule has 170 valence electrons. The van der Waals surface area contributed by atoms with Crippen LogP contribution in [0.15, 0.2) is 54.6 Å². The van der Waals surface area contributed by atoms with Gasteiger partial charge in [-0.15, -0.1) is 0 Å². The summed E-state index contributed by atoms with van der Waals surface area (Å²) >= 11 is 0. The zero-order valence-corrected chi connectivity index (χ0v) is 19.0. The summed E-state index contributed by atoms with van der Waals surface area (Å²) in [6, 6.07) is 15.1. The first-order valence-electron chi connectivity index (χ1n) is 10.5. The molecule has 0 aliphatic heterocycles. The molecule has 7 heteroatoms. The third-order valence-corrected chi connectivity index (χ3v) is 4.21. The average Bonchev–Trinajstić information content (AvgIpc) is 2.71. The average molecular weight is 438 g/mol. The Balaban J connectivity index is 1.76. The van der Waals surface area contributed by atoms with Gasteiger partial charge >= 0.3 is 6.09 Å². The number of hydrogen-bond donors (Lipinski definition) is 3. The molecule has 0 fully saturated rings. The van der Waals surface area contributed by atoms with Gasteiger partial charge in [0.2, 0.25) is 11.8 Å². The summed E-state index contributed by atoms with van der Waals surface area (Å²) in [7, 11) is 0. The van der Waals surface area contributed by atoms with Crippen molar-refractivity contribution in [3.8, 4) is 0 Å². The number of carbonyl (C=O) groups is 3. The van der Waals surface area contributed by atoms with E-state index in [4.69, 9.17) is 4.74 Å². The maximum atomic E-state index is 12.2. The molecule has 0 bridgehead atoms. The molecule has 2 aromatic rings. The molecule has 3 amide bonds. The highest BCUT2D eigenvalue weighted by Crippen LogP contribution is 2.11. The van der Waals surface area contributed by atoms with Crippen LogP contribution < -0.4 is 16.0 Å². The first-order chi connectivity index (χ1) is 15.1. The number of rotatable bonds is 8. The van der Waals surface area contributed by atoms with Crippen LogP contribution in [-0.4, -0.2) is 30.1 Å². The standard InChI is InChI=1S/C25H31N3O4/c1-18-8-10-19(11-9-18)12-13-23(30)28-21-7-5-6-20(16-21)17-27-22(29)14-15-26-24(31)32-25(2,3)4/h5-13,16H,14-15,17H2,1-4H3,(H,26,31)(H,27,29)(H,28,30)/b13-12+. The number of alkyl carbamates (subject to hydrolysis) is 1. The highest BCUT2D eigenvalue weighted by atomic mass is 16.6. The number of nitrogens with one attached hydrogen (secondary N) is 3. The van der Waals surface area contributed by atoms with Crippen molar-refractivity contribution in [3.05, 3.63) is 71.3 Å². The lowest BCUT2D eigenvalue weighted by molar-refractivity contribution is -0.121. The van der Waals surface area contributed by atoms with E-state index in [2.05, 4.69) is 16.0 Å². The van der Waals surface area contributed by atoms with Crippen LogP contribution in [0.3, 0.4) is 0 Å². The van der Waals surface area contributed by atoms with Gasteiger partial charge in [0.15, 0.2) is 0 Å². The van der Waals surface area contributed by atoms with Gasteiger partial charge in [-0.3, -0.25) is 9.59 Å². The van der Waals surface area contributed by atoms with Gasteiger partial charge in [0.25, 0.3) is 0 Å². The second-order valence-electron chi connectivity index (χ2n) is 8.39. The van der Waals surface area contributed by atoms with Crippen LogP contribution in [0.4, 0.5) is 10.5 Å². The Morgan fingerprint density at radius 2 is 1.72 bits per heavy atom. The van der Waals surface area contributed by atoms with Crippen LogP contribution in [0.25, 0.3) is 6.08 Å². The molecule has 7 nitrogen and oxygen atoms in total. The highest BCUT2D eigenvalue weighted by Gasteiger charge is 2.15. The Morgan fingerprint density at radius 3 is 2.41 bits per heavy atom. The highest BCUT2D eigenvalue weighted by molar-refractivity contribution is 6.01. The Hall–Kier alpha value is -3.61. The minimum Gasteiger partial charge on any atom is -0.444 e. The fraction of sp³-hybridized carbons (Fsp3) is 0.320. The smallest absolute Gasteiger partial charge is 0.407 e. The molecule has 32 heavy (non-hydrogen) atoms. The van der Waals surface area contributed by atoms with Crippen LogP contribution in [0.2, 0.25) is 0 Å². The van der Waals surface area contributed by atoms with E-state index in [1.165, 1.54) is 6.08 Å². The van der Waals surface area contributed by atoms with Gasteiger partial charge in [-0.05, 0) is 57.0 Å². The van der Waals surface area contributed by atoms with E-state index in [1.807, 2.05) is 43.3 Å². The Kier molecular flexibility index (Phi) is 9.01. The van der Waals surface area contributed by atoms with E-state index in [9.17, 15) is 14.4 Å². The second-order valence-corrected chi connectivity index (χ2v) is 8.39. The summed E-state index contributed by atoms with van der Waals surface area (Å²) in [5, 5.41) is 8.16. The van der Waals surface area contributed by atoms with Crippen LogP contribution in [-0.2, 0) is 20.9 Å². The van der Waals surface area contributed by atoms with Crippen LogP contribution in [0.1, 0.15) is 43.9 Å². The van der Waals surface area contributed by atoms with Crippen LogP contribution >= 0.6 is 0 Å². The summed E-state index contributed by atoms with van der Waals surface area (Å²) in [5.41, 5.74) is 3.02. The van der Waals surface area contributed by atoms with E-state index < -0.39 is 11.7 Å². The number of aryl methyl sites for hydroxylation is 1. The first kappa shape index (κ1) is 24.7. The topological polar surface area (TPSA) is 96.5 Å². The summed E-state index contributed by atoms with van der Waals surface area (Å²) in [6.45, 7) is 7.83. The van der Waals surface area contributed by atoms with E-state index >= 15 is 0 Å². The fourth-order valence-electron chi connectivity index (χ4n) is 2.67. The summed E-state index contributed by atoms with van der Waals surface area (Å²) in [4.78, 5) is 35.8. The molecular formula is C25H31N3O4. The molecule has 0 heterocycles. The molecule has 0 aliphatic carbocycles. The largest absolute Gasteiger partial charge is 0.444 e. The Labute approximate surface area is 189 Å². The van der Waals surface area contributed by atoms with Crippen molar-refractivity contribution < 1.29 is 19.1 Å². The van der Waals surface area contributed by atoms with Crippen molar-refractivity contribution >= 4 is 29.7 Å². The number of ether oxygens (including phenoxy) is 1. The number of anilines is 1. The number of hydrogen-bond acceptors (Lipinski definition) is 4. The van der Waals surface area contributed by atoms with Crippen LogP contribution in [0.5, 0.6) is 0 Å². The van der Waals surface area contributed by atoms with Crippen molar-refractivity contribution in [2.45, 2.75) is 46.3 Å². The third-order valence-electron chi connectivity index (χ3n) is 4.21. The van der Waals surface area contributed by atoms with Gasteiger partial charge < -0.3 is 20.7 Å². The predicted molar refractivity (Wildman–Crippen MR) is 126 cm³/mol. The van der Waals surface area contributed by atoms with E-state index in [0.29, 0.717) is 12.2 Å². The van der Waals surface area contributed by atoms with E-state index in [0.717, 1.165) is 16.7 Å². The molecule has 0 aromatic heterocycles. The minimum absolute atomic E-state index is 0.138. The number of benzene rings is 2. The van der Waals surface area contributed by atoms with Crippen molar-refractivity contribution in [3.63, 3.8) is 0 Å². The summed E-state index contributed by atoms with van der Waals surface area (Å²) < 4.78 is 5.12. The maximum absolute atomic E-state index is 12.2. The minimum atomic E-state index is -0.580. The lowest BCUT2D eigenvalue weighted by Gasteiger charge is -2.19. The zero-order valence-electron chi connectivity index (χ0n) is 19.0. The van der Waals surface area contributed by atoms with Crippen molar-refractivity contribution in [1.82, 2.24) is 10.6 Å². The fourth-order valence-corrected chi connectivity index (χ4v) is 2.67. The van der Waals surface area contributed by atoms with Gasteiger partial charge in [-0.1, -0.05) is 42.0 Å². The SMILES string of the molecule is Cc1ccc(/C=C/C(=O)Nc2cccc(CNC(=O)CCNC(=O)OC(C)(C)C)c2)cc1. The summed E-state index contributed by atoms with van der Waals surface area (Å²) in [5.74, 6) is -0.434. The Morgan fingerprint density at radius 1 is 1.00 bits per heavy atom. The van der Waals surface area contributed by atoms with Crippen molar-refractivity contribution in [2.24, 2.45) is 0 Å². The van der Waals surface area contributed by atoms with Gasteiger partial charge in [-0.2, -0.15) is 0 Å². The third kappa shape index (κ3) is 9.93. The van der Waals surface area contributed by atoms with Gasteiger partial charge in [-0.25, -0.2) is 4.79 Å². The first-order valence-corrected chi connectivity index (χ1v) is 10.5. The number of amides is 3. The second kappa shape index (κ2) is 11.7. The molecule has 0 unspecified atom stereocenters. The van der Waals surface area contributed by atoms with E-state index in [-0.39, 0.29) is 24.8 Å². The molecule has 0 atom stereocenters. The van der Waals surface area contributed by atoms with Crippen LogP contribution in [0, 0.1) is 6.92 Å². The molecule has 0 aliphatic rings. The molecule has 2 rings (SSSR count). The molecular weight excluding hydrogens is 406 g/mol. The Bertz CT molecular complexity index is 960. The summed E-state index contributed by atoms with van der Waals surface area (Å²) in [6.07, 6.45) is 2.82. The number of carbonyl (C=O) groups excluding carboxylic acids is 3. The van der Waals surface area contributed by atoms with Crippen molar-refractivity contribution in [2.75, 3.05) is 11.9 Å². The lowest BCUT2D eigenvalue weighted by Crippen LogP contribution is -2.35. The lowest BCUT2D eigenvalue weighted by atomic mass is 10.1. The molecule has 0 spiro atoms. The molecule has 0 radical (unpaired) electrons. The molecule has 0 saturated carbocycles. The zero-order chi connectivity index (χ0) is 23.6. The molecule has 3 N–H and O–H groups in total. The van der Waals surface area contributed by atoms with Crippen molar-refractivity contribution in [1.29, 1.82) is 0 Å². The van der Waals surface area contributed by atoms with Gasteiger partial charge in [0, 0.05) is 31.3 Å². The van der Waals surface area contributed by atoms with Gasteiger partial charge in [0.05, 0.1) is 0 Å². The predicted octanol–water partition coefficient (Wildman–Crippen LogP) is 4.18. The monoisotopic (exact) mass is 437 g/mol. The van der Waals surface area contributed by atoms with E-state index in [1.54, 1.807) is 39.0 Å². The molecule has 0 saturated heterocycles. The normalized spacial score (nSPS) is 11.1. The quantitative estimate of drug-likeness (QED) is 0.540. The van der Waals surface area contributed by atoms with Gasteiger partial charge in [0.1, 0.15) is 5.60 Å². The molecule has 2 aromatic carbocycles.